The maximum absolute atomic E-state index is 5.92. The Morgan fingerprint density at radius 3 is 2.48 bits per heavy atom. The van der Waals surface area contributed by atoms with Crippen molar-refractivity contribution in [1.82, 2.24) is 5.32 Å². The Bertz CT molecular complexity index is 561. The molecule has 1 aromatic carbocycles. The lowest BCUT2D eigenvalue weighted by Gasteiger charge is -2.14. The number of benzene rings is 1. The molecule has 0 aromatic heterocycles. The summed E-state index contributed by atoms with van der Waals surface area (Å²) in [5.41, 5.74) is 7.07. The van der Waals surface area contributed by atoms with Crippen molar-refractivity contribution in [2.24, 2.45) is 10.7 Å². The Morgan fingerprint density at radius 1 is 1.11 bits per heavy atom. The molecule has 3 N–H and O–H groups in total. The average Bonchev–Trinajstić information content (AvgIpc) is 2.94. The van der Waals surface area contributed by atoms with Gasteiger partial charge in [0.05, 0.1) is 33.5 Å². The van der Waals surface area contributed by atoms with Gasteiger partial charge in [0.1, 0.15) is 0 Å². The number of nitrogens with one attached hydrogen (secondary N) is 1. The molecule has 2 rings (SSSR count). The standard InChI is InChI=1S/C20H33N3O3.HI/c1-24-18-10-9-16(15-19(18)25-2)11-12-22-20(21)23-13-14-26-17-7-5-3-4-6-8-17;/h9-10,15,17H,3-8,11-14H2,1-2H3,(H3,21,22,23);1H. The van der Waals surface area contributed by atoms with Gasteiger partial charge in [0.15, 0.2) is 17.5 Å². The molecule has 1 aliphatic carbocycles. The van der Waals surface area contributed by atoms with Crippen LogP contribution in [0.1, 0.15) is 44.1 Å². The molecular formula is C20H34IN3O3. The van der Waals surface area contributed by atoms with Crippen LogP contribution in [0, 0.1) is 0 Å². The van der Waals surface area contributed by atoms with Crippen LogP contribution >= 0.6 is 24.0 Å². The number of ether oxygens (including phenoxy) is 3. The molecular weight excluding hydrogens is 457 g/mol. The summed E-state index contributed by atoms with van der Waals surface area (Å²) in [6.45, 7) is 1.96. The first-order chi connectivity index (χ1) is 12.7. The Balaban J connectivity index is 0.00000364. The van der Waals surface area contributed by atoms with Crippen LogP contribution in [0.4, 0.5) is 0 Å². The number of hydrogen-bond acceptors (Lipinski definition) is 4. The van der Waals surface area contributed by atoms with E-state index in [0.29, 0.717) is 31.8 Å². The molecule has 0 heterocycles. The molecule has 1 fully saturated rings. The predicted octanol–water partition coefficient (Wildman–Crippen LogP) is 3.51. The fraction of sp³-hybridized carbons (Fsp3) is 0.650. The van der Waals surface area contributed by atoms with Gasteiger partial charge in [-0.1, -0.05) is 31.7 Å². The van der Waals surface area contributed by atoms with Crippen LogP contribution in [0.25, 0.3) is 0 Å². The summed E-state index contributed by atoms with van der Waals surface area (Å²) in [6.07, 6.45) is 8.86. The molecule has 0 radical (unpaired) electrons. The molecule has 0 bridgehead atoms. The van der Waals surface area contributed by atoms with Crippen molar-refractivity contribution in [3.05, 3.63) is 23.8 Å². The Kier molecular flexibility index (Phi) is 12.2. The highest BCUT2D eigenvalue weighted by Crippen LogP contribution is 2.27. The van der Waals surface area contributed by atoms with Crippen LogP contribution in [0.15, 0.2) is 23.2 Å². The maximum Gasteiger partial charge on any atom is 0.188 e. The van der Waals surface area contributed by atoms with Crippen molar-refractivity contribution in [3.63, 3.8) is 0 Å². The van der Waals surface area contributed by atoms with Gasteiger partial charge in [-0.05, 0) is 37.0 Å². The lowest BCUT2D eigenvalue weighted by molar-refractivity contribution is 0.0487. The first-order valence-corrected chi connectivity index (χ1v) is 9.59. The van der Waals surface area contributed by atoms with Gasteiger partial charge in [-0.15, -0.1) is 24.0 Å². The van der Waals surface area contributed by atoms with E-state index >= 15 is 0 Å². The zero-order chi connectivity index (χ0) is 18.6. The number of halogens is 1. The van der Waals surface area contributed by atoms with Crippen LogP contribution in [0.3, 0.4) is 0 Å². The third-order valence-electron chi connectivity index (χ3n) is 4.70. The summed E-state index contributed by atoms with van der Waals surface area (Å²) < 4.78 is 16.5. The lowest BCUT2D eigenvalue weighted by atomic mass is 10.1. The zero-order valence-corrected chi connectivity index (χ0v) is 18.9. The summed E-state index contributed by atoms with van der Waals surface area (Å²) in [4.78, 5) is 4.34. The summed E-state index contributed by atoms with van der Waals surface area (Å²) in [6, 6.07) is 5.92. The van der Waals surface area contributed by atoms with E-state index in [1.807, 2.05) is 18.2 Å². The molecule has 154 valence electrons. The van der Waals surface area contributed by atoms with Gasteiger partial charge in [-0.3, -0.25) is 4.99 Å². The summed E-state index contributed by atoms with van der Waals surface area (Å²) in [5, 5.41) is 3.15. The zero-order valence-electron chi connectivity index (χ0n) is 16.5. The van der Waals surface area contributed by atoms with Crippen molar-refractivity contribution < 1.29 is 14.2 Å². The van der Waals surface area contributed by atoms with E-state index in [2.05, 4.69) is 10.3 Å². The smallest absolute Gasteiger partial charge is 0.188 e. The summed E-state index contributed by atoms with van der Waals surface area (Å²) in [7, 11) is 3.28. The van der Waals surface area contributed by atoms with Crippen molar-refractivity contribution in [1.29, 1.82) is 0 Å². The maximum atomic E-state index is 5.92. The monoisotopic (exact) mass is 491 g/mol. The quantitative estimate of drug-likeness (QED) is 0.182. The SMILES string of the molecule is COc1ccc(CCNC(N)=NCCOC2CCCCCC2)cc1OC.I. The fourth-order valence-electron chi connectivity index (χ4n) is 3.22. The minimum atomic E-state index is 0. The highest BCUT2D eigenvalue weighted by Gasteiger charge is 2.11. The molecule has 1 aromatic rings. The molecule has 0 saturated heterocycles. The minimum Gasteiger partial charge on any atom is -0.493 e. The second-order valence-electron chi connectivity index (χ2n) is 6.62. The summed E-state index contributed by atoms with van der Waals surface area (Å²) >= 11 is 0. The topological polar surface area (TPSA) is 78.1 Å². The van der Waals surface area contributed by atoms with E-state index in [1.165, 1.54) is 38.5 Å². The molecule has 7 heteroatoms. The number of nitrogens with zero attached hydrogens (tertiary/aromatic N) is 1. The first-order valence-electron chi connectivity index (χ1n) is 9.59. The molecule has 0 spiro atoms. The van der Waals surface area contributed by atoms with Gasteiger partial charge in [-0.2, -0.15) is 0 Å². The third kappa shape index (κ3) is 9.01. The lowest BCUT2D eigenvalue weighted by Crippen LogP contribution is -2.33. The van der Waals surface area contributed by atoms with E-state index in [0.717, 1.165) is 23.5 Å². The van der Waals surface area contributed by atoms with Crippen LogP contribution in [0.2, 0.25) is 0 Å². The van der Waals surface area contributed by atoms with E-state index < -0.39 is 0 Å². The van der Waals surface area contributed by atoms with Crippen molar-refractivity contribution in [2.45, 2.75) is 51.0 Å². The minimum absolute atomic E-state index is 0. The van der Waals surface area contributed by atoms with Crippen molar-refractivity contribution in [2.75, 3.05) is 33.9 Å². The molecule has 0 aliphatic heterocycles. The average molecular weight is 491 g/mol. The first kappa shape index (κ1) is 23.8. The molecule has 1 aliphatic rings. The van der Waals surface area contributed by atoms with Gasteiger partial charge in [0.2, 0.25) is 0 Å². The molecule has 0 unspecified atom stereocenters. The Morgan fingerprint density at radius 2 is 1.81 bits per heavy atom. The molecule has 0 amide bonds. The van der Waals surface area contributed by atoms with Crippen molar-refractivity contribution in [3.8, 4) is 11.5 Å². The fourth-order valence-corrected chi connectivity index (χ4v) is 3.22. The second-order valence-corrected chi connectivity index (χ2v) is 6.62. The van der Waals surface area contributed by atoms with Crippen LogP contribution < -0.4 is 20.5 Å². The van der Waals surface area contributed by atoms with Gasteiger partial charge >= 0.3 is 0 Å². The number of rotatable bonds is 9. The molecule has 1 saturated carbocycles. The van der Waals surface area contributed by atoms with Gasteiger partial charge < -0.3 is 25.3 Å². The molecule has 27 heavy (non-hydrogen) atoms. The highest BCUT2D eigenvalue weighted by atomic mass is 127. The third-order valence-corrected chi connectivity index (χ3v) is 4.70. The highest BCUT2D eigenvalue weighted by molar-refractivity contribution is 14.0. The number of nitrogens with two attached hydrogens (primary N) is 1. The number of aliphatic imine (C=N–C) groups is 1. The molecule has 0 atom stereocenters. The summed E-state index contributed by atoms with van der Waals surface area (Å²) in [5.74, 6) is 1.94. The number of guanidine groups is 1. The van der Waals surface area contributed by atoms with Crippen LogP contribution in [0.5, 0.6) is 11.5 Å². The van der Waals surface area contributed by atoms with Gasteiger partial charge in [0, 0.05) is 6.54 Å². The largest absolute Gasteiger partial charge is 0.493 e. The second kappa shape index (κ2) is 13.9. The van der Waals surface area contributed by atoms with E-state index in [9.17, 15) is 0 Å². The Hall–Kier alpha value is -1.22. The van der Waals surface area contributed by atoms with Gasteiger partial charge in [0.25, 0.3) is 0 Å². The van der Waals surface area contributed by atoms with E-state index in [4.69, 9.17) is 19.9 Å². The van der Waals surface area contributed by atoms with Crippen LogP contribution in [-0.2, 0) is 11.2 Å². The number of methoxy groups -OCH3 is 2. The van der Waals surface area contributed by atoms with Crippen LogP contribution in [-0.4, -0.2) is 46.0 Å². The molecule has 6 nitrogen and oxygen atoms in total. The van der Waals surface area contributed by atoms with E-state index in [-0.39, 0.29) is 24.0 Å². The van der Waals surface area contributed by atoms with Gasteiger partial charge in [-0.25, -0.2) is 0 Å². The normalized spacial score (nSPS) is 15.6. The Labute approximate surface area is 180 Å². The van der Waals surface area contributed by atoms with E-state index in [1.54, 1.807) is 14.2 Å². The predicted molar refractivity (Wildman–Crippen MR) is 121 cm³/mol. The van der Waals surface area contributed by atoms with Crippen molar-refractivity contribution >= 4 is 29.9 Å². The number of hydrogen-bond donors (Lipinski definition) is 2.